The van der Waals surface area contributed by atoms with Crippen molar-refractivity contribution in [2.45, 2.75) is 106 Å². The van der Waals surface area contributed by atoms with Crippen LogP contribution in [0.1, 0.15) is 76.2 Å². The fourth-order valence-corrected chi connectivity index (χ4v) is 9.48. The van der Waals surface area contributed by atoms with Crippen molar-refractivity contribution in [3.05, 3.63) is 41.7 Å². The van der Waals surface area contributed by atoms with Crippen molar-refractivity contribution in [3.63, 3.8) is 0 Å². The summed E-state index contributed by atoms with van der Waals surface area (Å²) in [5.41, 5.74) is -0.660. The summed E-state index contributed by atoms with van der Waals surface area (Å²) in [4.78, 5) is 60.6. The van der Waals surface area contributed by atoms with Gasteiger partial charge in [0.2, 0.25) is 21.8 Å². The van der Waals surface area contributed by atoms with Gasteiger partial charge in [-0.3, -0.25) is 24.0 Å². The highest BCUT2D eigenvalue weighted by atomic mass is 32.2. The largest absolute Gasteiger partial charge is 0.444 e. The second-order valence-electron chi connectivity index (χ2n) is 14.6. The van der Waals surface area contributed by atoms with E-state index < -0.39 is 68.6 Å². The predicted octanol–water partition coefficient (Wildman–Crippen LogP) is 2.64. The monoisotopic (exact) mass is 744 g/mol. The SMILES string of the molecule is O=C1N[C@]2(C(=O)NS(=O)(=O)C3CC3)C[C@H]2C=CCCCCC[C@H](NC(=S)N2CCCC2)C(=O)N2C[C@H](OC(=O)N3CCc4c(F)cccc43)C[C@@H]12. The number of carbonyl (C=O) groups is 4. The van der Waals surface area contributed by atoms with Crippen molar-refractivity contribution >= 4 is 56.9 Å². The number of thiocarbonyl (C=S) groups is 1. The zero-order valence-electron chi connectivity index (χ0n) is 28.5. The number of benzene rings is 1. The smallest absolute Gasteiger partial charge is 0.414 e. The zero-order chi connectivity index (χ0) is 35.9. The number of halogens is 1. The molecule has 0 aromatic heterocycles. The van der Waals surface area contributed by atoms with Gasteiger partial charge in [0.1, 0.15) is 29.5 Å². The molecule has 276 valence electrons. The normalized spacial score (nSPS) is 29.6. The lowest BCUT2D eigenvalue weighted by Crippen LogP contribution is -2.58. The molecular weight excluding hydrogens is 700 g/mol. The molecule has 7 rings (SSSR count). The molecule has 5 atom stereocenters. The van der Waals surface area contributed by atoms with Crippen molar-refractivity contribution < 1.29 is 36.7 Å². The first-order valence-electron chi connectivity index (χ1n) is 18.1. The number of hydrogen-bond donors (Lipinski definition) is 3. The maximum atomic E-state index is 14.5. The molecule has 13 nitrogen and oxygen atoms in total. The Morgan fingerprint density at radius 1 is 1.04 bits per heavy atom. The number of allylic oxidation sites excluding steroid dienone is 1. The first kappa shape index (κ1) is 35.6. The fraction of sp³-hybridized carbons (Fsp3) is 0.629. The zero-order valence-corrected chi connectivity index (χ0v) is 30.1. The van der Waals surface area contributed by atoms with Gasteiger partial charge < -0.3 is 25.2 Å². The van der Waals surface area contributed by atoms with Crippen LogP contribution in [0.25, 0.3) is 0 Å². The van der Waals surface area contributed by atoms with Gasteiger partial charge in [0.05, 0.1) is 17.5 Å². The Bertz CT molecular complexity index is 1730. The Labute approximate surface area is 302 Å². The highest BCUT2D eigenvalue weighted by molar-refractivity contribution is 7.91. The molecule has 4 amide bonds. The number of nitrogens with zero attached hydrogens (tertiary/aromatic N) is 3. The van der Waals surface area contributed by atoms with Gasteiger partial charge in [-0.05, 0) is 82.1 Å². The van der Waals surface area contributed by atoms with Crippen LogP contribution >= 0.6 is 12.2 Å². The van der Waals surface area contributed by atoms with Crippen molar-refractivity contribution in [1.29, 1.82) is 0 Å². The molecule has 16 heteroatoms. The third-order valence-corrected chi connectivity index (χ3v) is 13.2. The van der Waals surface area contributed by atoms with Crippen LogP contribution in [0.5, 0.6) is 0 Å². The summed E-state index contributed by atoms with van der Waals surface area (Å²) < 4.78 is 48.1. The Balaban J connectivity index is 1.15. The van der Waals surface area contributed by atoms with Gasteiger partial charge in [0.25, 0.3) is 5.91 Å². The summed E-state index contributed by atoms with van der Waals surface area (Å²) in [5, 5.41) is 5.97. The van der Waals surface area contributed by atoms with E-state index in [9.17, 15) is 32.0 Å². The lowest BCUT2D eigenvalue weighted by molar-refractivity contribution is -0.141. The Kier molecular flexibility index (Phi) is 10.00. The first-order valence-corrected chi connectivity index (χ1v) is 20.1. The van der Waals surface area contributed by atoms with Crippen LogP contribution in [-0.2, 0) is 35.6 Å². The molecule has 1 aromatic carbocycles. The number of sulfonamides is 1. The minimum absolute atomic E-state index is 0.0466. The van der Waals surface area contributed by atoms with E-state index in [-0.39, 0.29) is 31.8 Å². The molecule has 2 aliphatic carbocycles. The lowest BCUT2D eigenvalue weighted by Gasteiger charge is -2.31. The van der Waals surface area contributed by atoms with Crippen LogP contribution in [0, 0.1) is 11.7 Å². The Hall–Kier alpha value is -3.79. The molecule has 4 fully saturated rings. The molecule has 4 heterocycles. The third-order valence-electron chi connectivity index (χ3n) is 11.0. The topological polar surface area (TPSA) is 157 Å². The summed E-state index contributed by atoms with van der Waals surface area (Å²) in [6.45, 7) is 1.72. The van der Waals surface area contributed by atoms with Gasteiger partial charge in [-0.25, -0.2) is 17.6 Å². The number of rotatable bonds is 5. The van der Waals surface area contributed by atoms with Crippen molar-refractivity contribution in [2.75, 3.05) is 31.1 Å². The van der Waals surface area contributed by atoms with E-state index in [0.29, 0.717) is 42.0 Å². The third kappa shape index (κ3) is 7.44. The molecule has 2 saturated carbocycles. The first-order chi connectivity index (χ1) is 24.5. The summed E-state index contributed by atoms with van der Waals surface area (Å²) in [5.74, 6) is -2.64. The van der Waals surface area contributed by atoms with E-state index in [1.807, 2.05) is 17.1 Å². The van der Waals surface area contributed by atoms with Gasteiger partial charge in [-0.1, -0.05) is 31.1 Å². The molecular formula is C35H45FN6O7S2. The van der Waals surface area contributed by atoms with Gasteiger partial charge >= 0.3 is 6.09 Å². The Morgan fingerprint density at radius 2 is 1.82 bits per heavy atom. The van der Waals surface area contributed by atoms with E-state index in [0.717, 1.165) is 51.6 Å². The van der Waals surface area contributed by atoms with Gasteiger partial charge in [-0.15, -0.1) is 0 Å². The van der Waals surface area contributed by atoms with Gasteiger partial charge in [0, 0.05) is 37.5 Å². The minimum Gasteiger partial charge on any atom is -0.444 e. The van der Waals surface area contributed by atoms with Gasteiger partial charge in [-0.2, -0.15) is 0 Å². The van der Waals surface area contributed by atoms with Crippen LogP contribution in [0.15, 0.2) is 30.4 Å². The van der Waals surface area contributed by atoms with E-state index in [1.54, 1.807) is 6.07 Å². The van der Waals surface area contributed by atoms with Crippen molar-refractivity contribution in [2.24, 2.45) is 5.92 Å². The van der Waals surface area contributed by atoms with Crippen LogP contribution in [0.3, 0.4) is 0 Å². The second kappa shape index (κ2) is 14.3. The van der Waals surface area contributed by atoms with E-state index >= 15 is 0 Å². The van der Waals surface area contributed by atoms with Crippen LogP contribution in [-0.4, -0.2) is 102 Å². The molecule has 0 spiro atoms. The summed E-state index contributed by atoms with van der Waals surface area (Å²) in [6, 6.07) is 2.65. The van der Waals surface area contributed by atoms with Crippen LogP contribution in [0.4, 0.5) is 14.9 Å². The summed E-state index contributed by atoms with van der Waals surface area (Å²) in [6.07, 6.45) is 9.28. The van der Waals surface area contributed by atoms with Gasteiger partial charge in [0.15, 0.2) is 5.11 Å². The number of hydrogen-bond acceptors (Lipinski definition) is 8. The maximum absolute atomic E-state index is 14.5. The number of likely N-dealkylation sites (tertiary alicyclic amines) is 1. The average Bonchev–Trinajstić information content (AvgIpc) is 3.85. The van der Waals surface area contributed by atoms with E-state index in [1.165, 1.54) is 21.9 Å². The number of ether oxygens (including phenoxy) is 1. The quantitative estimate of drug-likeness (QED) is 0.303. The summed E-state index contributed by atoms with van der Waals surface area (Å²) >= 11 is 5.71. The second-order valence-corrected chi connectivity index (χ2v) is 16.9. The van der Waals surface area contributed by atoms with Crippen LogP contribution in [0.2, 0.25) is 0 Å². The standard InChI is InChI=1S/C35H45FN6O7S2/c36-26-10-8-12-28-25(26)15-18-41(28)34(46)49-23-19-29-30(43)38-35(32(45)39-51(47,48)24-13-14-24)20-22(35)9-4-2-1-3-5-11-27(31(44)42(29)21-23)37-33(50)40-16-6-7-17-40/h4,8-10,12,22-24,27,29H,1-3,5-7,11,13-21H2,(H,37,50)(H,38,43)(H,39,45)/t22-,23-,27+,29+,35-/m1/s1. The van der Waals surface area contributed by atoms with E-state index in [4.69, 9.17) is 17.0 Å². The van der Waals surface area contributed by atoms with Crippen LogP contribution < -0.4 is 20.3 Å². The molecule has 0 unspecified atom stereocenters. The number of fused-ring (bicyclic) bond motifs is 3. The average molecular weight is 745 g/mol. The number of nitrogens with one attached hydrogen (secondary N) is 3. The van der Waals surface area contributed by atoms with Crippen molar-refractivity contribution in [3.8, 4) is 0 Å². The molecule has 2 saturated heterocycles. The number of amides is 4. The molecule has 6 aliphatic rings. The van der Waals surface area contributed by atoms with Crippen molar-refractivity contribution in [1.82, 2.24) is 25.2 Å². The molecule has 3 N–H and O–H groups in total. The number of carbonyl (C=O) groups excluding carboxylic acids is 4. The van der Waals surface area contributed by atoms with E-state index in [2.05, 4.69) is 15.4 Å². The molecule has 0 bridgehead atoms. The highest BCUT2D eigenvalue weighted by Gasteiger charge is 2.62. The Morgan fingerprint density at radius 3 is 2.59 bits per heavy atom. The molecule has 1 aromatic rings. The minimum atomic E-state index is -3.89. The maximum Gasteiger partial charge on any atom is 0.414 e. The predicted molar refractivity (Wildman–Crippen MR) is 189 cm³/mol. The highest BCUT2D eigenvalue weighted by Crippen LogP contribution is 2.46. The molecule has 0 radical (unpaired) electrons. The summed E-state index contributed by atoms with van der Waals surface area (Å²) in [7, 11) is -3.89. The lowest BCUT2D eigenvalue weighted by atomic mass is 10.0. The molecule has 51 heavy (non-hydrogen) atoms. The fourth-order valence-electron chi connectivity index (χ4n) is 7.80. The molecule has 4 aliphatic heterocycles. The number of anilines is 1.